The van der Waals surface area contributed by atoms with E-state index >= 15 is 0 Å². The molecule has 5 heteroatoms. The number of hydrogen-bond acceptors (Lipinski definition) is 3. The summed E-state index contributed by atoms with van der Waals surface area (Å²) in [4.78, 5) is 0. The zero-order valence-corrected chi connectivity index (χ0v) is 11.7. The molecule has 0 aliphatic heterocycles. The Kier molecular flexibility index (Phi) is 4.85. The number of aromatic hydroxyl groups is 2. The van der Waals surface area contributed by atoms with Crippen molar-refractivity contribution in [2.24, 2.45) is 0 Å². The average Bonchev–Trinajstić information content (AvgIpc) is 2.41. The van der Waals surface area contributed by atoms with Crippen molar-refractivity contribution in [3.05, 3.63) is 23.8 Å². The molecule has 1 saturated carbocycles. The van der Waals surface area contributed by atoms with Gasteiger partial charge in [-0.05, 0) is 42.8 Å². The summed E-state index contributed by atoms with van der Waals surface area (Å²) < 4.78 is 0. The van der Waals surface area contributed by atoms with Gasteiger partial charge >= 0.3 is 0 Å². The minimum Gasteiger partial charge on any atom is -0.504 e. The molecule has 1 aliphatic carbocycles. The smallest absolute Gasteiger partial charge is 0.166 e. The normalized spacial score (nSPS) is 16.0. The average molecular weight is 280 g/mol. The maximum absolute atomic E-state index is 9.40. The molecular formula is C14H20N2O2S. The fraction of sp³-hybridized carbons (Fsp3) is 0.500. The summed E-state index contributed by atoms with van der Waals surface area (Å²) in [6.07, 6.45) is 6.23. The van der Waals surface area contributed by atoms with E-state index in [1.54, 1.807) is 6.07 Å². The van der Waals surface area contributed by atoms with E-state index in [1.165, 1.54) is 44.2 Å². The van der Waals surface area contributed by atoms with Crippen LogP contribution in [0.2, 0.25) is 0 Å². The summed E-state index contributed by atoms with van der Waals surface area (Å²) >= 11 is 5.26. The molecule has 1 aliphatic rings. The van der Waals surface area contributed by atoms with Gasteiger partial charge in [0.05, 0.1) is 0 Å². The highest BCUT2D eigenvalue weighted by molar-refractivity contribution is 7.80. The van der Waals surface area contributed by atoms with Crippen molar-refractivity contribution in [3.63, 3.8) is 0 Å². The second kappa shape index (κ2) is 6.61. The van der Waals surface area contributed by atoms with Gasteiger partial charge in [-0.25, -0.2) is 0 Å². The minimum absolute atomic E-state index is 0.105. The largest absolute Gasteiger partial charge is 0.504 e. The summed E-state index contributed by atoms with van der Waals surface area (Å²) in [5.41, 5.74) is 0.878. The van der Waals surface area contributed by atoms with Gasteiger partial charge in [0.25, 0.3) is 0 Å². The van der Waals surface area contributed by atoms with Gasteiger partial charge in [0.1, 0.15) is 0 Å². The van der Waals surface area contributed by atoms with E-state index < -0.39 is 0 Å². The summed E-state index contributed by atoms with van der Waals surface area (Å²) in [6, 6.07) is 5.25. The summed E-state index contributed by atoms with van der Waals surface area (Å²) in [6.45, 7) is 0.534. The Labute approximate surface area is 118 Å². The molecule has 0 atom stereocenters. The standard InChI is InChI=1S/C14H20N2O2S/c17-12-7-6-10(8-13(12)18)9-15-14(19)16-11-4-2-1-3-5-11/h6-8,11,17-18H,1-5,9H2,(H2,15,16,19). The fourth-order valence-electron chi connectivity index (χ4n) is 2.34. The first-order valence-electron chi connectivity index (χ1n) is 6.70. The third-order valence-corrected chi connectivity index (χ3v) is 3.70. The lowest BCUT2D eigenvalue weighted by Gasteiger charge is -2.24. The molecule has 1 aromatic rings. The molecule has 0 radical (unpaired) electrons. The van der Waals surface area contributed by atoms with Gasteiger partial charge in [-0.3, -0.25) is 0 Å². The lowest BCUT2D eigenvalue weighted by atomic mass is 9.96. The first kappa shape index (κ1) is 13.9. The van der Waals surface area contributed by atoms with Crippen LogP contribution in [0.4, 0.5) is 0 Å². The highest BCUT2D eigenvalue weighted by Crippen LogP contribution is 2.24. The number of hydrogen-bond donors (Lipinski definition) is 4. The Morgan fingerprint density at radius 3 is 2.58 bits per heavy atom. The molecule has 0 saturated heterocycles. The maximum atomic E-state index is 9.40. The zero-order chi connectivity index (χ0) is 13.7. The van der Waals surface area contributed by atoms with Crippen molar-refractivity contribution in [2.75, 3.05) is 0 Å². The first-order chi connectivity index (χ1) is 9.15. The van der Waals surface area contributed by atoms with E-state index in [1.807, 2.05) is 0 Å². The molecule has 0 amide bonds. The summed E-state index contributed by atoms with van der Waals surface area (Å²) in [5, 5.41) is 25.7. The predicted molar refractivity (Wildman–Crippen MR) is 79.2 cm³/mol. The molecule has 0 heterocycles. The minimum atomic E-state index is -0.106. The number of rotatable bonds is 3. The van der Waals surface area contributed by atoms with E-state index in [4.69, 9.17) is 12.2 Å². The van der Waals surface area contributed by atoms with Crippen molar-refractivity contribution in [1.29, 1.82) is 0 Å². The van der Waals surface area contributed by atoms with E-state index in [0.717, 1.165) is 5.56 Å². The molecule has 1 fully saturated rings. The highest BCUT2D eigenvalue weighted by Gasteiger charge is 2.13. The van der Waals surface area contributed by atoms with Gasteiger partial charge in [-0.2, -0.15) is 0 Å². The number of nitrogens with one attached hydrogen (secondary N) is 2. The van der Waals surface area contributed by atoms with Crippen LogP contribution in [0.5, 0.6) is 11.5 Å². The van der Waals surface area contributed by atoms with Crippen molar-refractivity contribution >= 4 is 17.3 Å². The molecule has 104 valence electrons. The Morgan fingerprint density at radius 2 is 1.89 bits per heavy atom. The molecular weight excluding hydrogens is 260 g/mol. The van der Waals surface area contributed by atoms with Crippen LogP contribution in [-0.4, -0.2) is 21.4 Å². The van der Waals surface area contributed by atoms with Gasteiger partial charge in [0, 0.05) is 12.6 Å². The van der Waals surface area contributed by atoms with Crippen LogP contribution in [0, 0.1) is 0 Å². The van der Waals surface area contributed by atoms with Gasteiger partial charge in [-0.15, -0.1) is 0 Å². The number of benzene rings is 1. The molecule has 19 heavy (non-hydrogen) atoms. The van der Waals surface area contributed by atoms with Crippen LogP contribution < -0.4 is 10.6 Å². The van der Waals surface area contributed by atoms with Crippen LogP contribution in [0.25, 0.3) is 0 Å². The third-order valence-electron chi connectivity index (χ3n) is 3.43. The fourth-order valence-corrected chi connectivity index (χ4v) is 2.58. The van der Waals surface area contributed by atoms with E-state index in [0.29, 0.717) is 17.7 Å². The van der Waals surface area contributed by atoms with Crippen molar-refractivity contribution in [3.8, 4) is 11.5 Å². The third kappa shape index (κ3) is 4.28. The Bertz CT molecular complexity index is 445. The second-order valence-corrected chi connectivity index (χ2v) is 5.39. The van der Waals surface area contributed by atoms with Gasteiger partial charge < -0.3 is 20.8 Å². The first-order valence-corrected chi connectivity index (χ1v) is 7.11. The molecule has 0 bridgehead atoms. The monoisotopic (exact) mass is 280 g/mol. The van der Waals surface area contributed by atoms with E-state index in [2.05, 4.69) is 10.6 Å². The SMILES string of the molecule is Oc1ccc(CNC(=S)NC2CCCCC2)cc1O. The van der Waals surface area contributed by atoms with Gasteiger partial charge in [0.2, 0.25) is 0 Å². The van der Waals surface area contributed by atoms with Crippen molar-refractivity contribution in [1.82, 2.24) is 10.6 Å². The second-order valence-electron chi connectivity index (χ2n) is 4.99. The zero-order valence-electron chi connectivity index (χ0n) is 10.9. The van der Waals surface area contributed by atoms with Crippen molar-refractivity contribution < 1.29 is 10.2 Å². The Morgan fingerprint density at radius 1 is 1.16 bits per heavy atom. The Hall–Kier alpha value is -1.49. The quantitative estimate of drug-likeness (QED) is 0.506. The summed E-state index contributed by atoms with van der Waals surface area (Å²) in [5.74, 6) is -0.211. The van der Waals surface area contributed by atoms with Crippen LogP contribution in [-0.2, 0) is 6.54 Å². The van der Waals surface area contributed by atoms with Crippen LogP contribution >= 0.6 is 12.2 Å². The lowest BCUT2D eigenvalue weighted by molar-refractivity contribution is 0.403. The number of phenols is 2. The van der Waals surface area contributed by atoms with Crippen LogP contribution in [0.3, 0.4) is 0 Å². The van der Waals surface area contributed by atoms with E-state index in [9.17, 15) is 10.2 Å². The molecule has 1 aromatic carbocycles. The molecule has 0 aromatic heterocycles. The van der Waals surface area contributed by atoms with Crippen LogP contribution in [0.1, 0.15) is 37.7 Å². The molecule has 0 spiro atoms. The van der Waals surface area contributed by atoms with Crippen molar-refractivity contribution in [2.45, 2.75) is 44.7 Å². The molecule has 4 nitrogen and oxygen atoms in total. The van der Waals surface area contributed by atoms with Gasteiger partial charge in [-0.1, -0.05) is 25.3 Å². The predicted octanol–water partition coefficient (Wildman–Crippen LogP) is 2.39. The van der Waals surface area contributed by atoms with E-state index in [-0.39, 0.29) is 11.5 Å². The number of phenolic OH excluding ortho intramolecular Hbond substituents is 2. The topological polar surface area (TPSA) is 64.5 Å². The molecule has 4 N–H and O–H groups in total. The van der Waals surface area contributed by atoms with Gasteiger partial charge in [0.15, 0.2) is 16.6 Å². The summed E-state index contributed by atoms with van der Waals surface area (Å²) in [7, 11) is 0. The number of thiocarbonyl (C=S) groups is 1. The maximum Gasteiger partial charge on any atom is 0.166 e. The Balaban J connectivity index is 1.77. The lowest BCUT2D eigenvalue weighted by Crippen LogP contribution is -2.42. The molecule has 2 rings (SSSR count). The molecule has 0 unspecified atom stereocenters. The van der Waals surface area contributed by atoms with Crippen LogP contribution in [0.15, 0.2) is 18.2 Å². The highest BCUT2D eigenvalue weighted by atomic mass is 32.1.